The topological polar surface area (TPSA) is 70.9 Å². The van der Waals surface area contributed by atoms with Crippen molar-refractivity contribution >= 4 is 35.3 Å². The molecule has 7 heteroatoms. The number of ether oxygens (including phenoxy) is 1. The Labute approximate surface area is 137 Å². The van der Waals surface area contributed by atoms with Crippen molar-refractivity contribution in [3.05, 3.63) is 57.6 Å². The van der Waals surface area contributed by atoms with Crippen LogP contribution < -0.4 is 10.2 Å². The number of nitrogens with one attached hydrogen (secondary N) is 1. The SMILES string of the molecule is COc1cccc(/C=N\NC(=O)c2ccc(Cl)c(Cl)c2)c1O. The summed E-state index contributed by atoms with van der Waals surface area (Å²) in [5, 5.41) is 14.3. The summed E-state index contributed by atoms with van der Waals surface area (Å²) in [4.78, 5) is 11.9. The molecule has 0 spiro atoms. The van der Waals surface area contributed by atoms with E-state index in [9.17, 15) is 9.90 Å². The van der Waals surface area contributed by atoms with Gasteiger partial charge in [-0.2, -0.15) is 5.10 Å². The van der Waals surface area contributed by atoms with Crippen molar-refractivity contribution < 1.29 is 14.6 Å². The third kappa shape index (κ3) is 3.69. The number of carbonyl (C=O) groups is 1. The van der Waals surface area contributed by atoms with Crippen molar-refractivity contribution in [2.75, 3.05) is 7.11 Å². The number of hydrogen-bond acceptors (Lipinski definition) is 4. The van der Waals surface area contributed by atoms with Gasteiger partial charge in [-0.15, -0.1) is 0 Å². The fourth-order valence-corrected chi connectivity index (χ4v) is 1.97. The van der Waals surface area contributed by atoms with Gasteiger partial charge in [0.15, 0.2) is 11.5 Å². The number of hydrogen-bond donors (Lipinski definition) is 2. The molecule has 2 aromatic carbocycles. The summed E-state index contributed by atoms with van der Waals surface area (Å²) in [5.41, 5.74) is 3.07. The van der Waals surface area contributed by atoms with E-state index in [-0.39, 0.29) is 10.8 Å². The molecule has 114 valence electrons. The lowest BCUT2D eigenvalue weighted by molar-refractivity contribution is 0.0955. The summed E-state index contributed by atoms with van der Waals surface area (Å²) in [6.07, 6.45) is 1.31. The molecule has 1 amide bonds. The van der Waals surface area contributed by atoms with E-state index in [2.05, 4.69) is 10.5 Å². The quantitative estimate of drug-likeness (QED) is 0.662. The third-order valence-electron chi connectivity index (χ3n) is 2.80. The highest BCUT2D eigenvalue weighted by molar-refractivity contribution is 6.42. The largest absolute Gasteiger partial charge is 0.504 e. The van der Waals surface area contributed by atoms with Crippen molar-refractivity contribution in [3.63, 3.8) is 0 Å². The summed E-state index contributed by atoms with van der Waals surface area (Å²) in [7, 11) is 1.45. The van der Waals surface area contributed by atoms with E-state index in [1.807, 2.05) is 0 Å². The highest BCUT2D eigenvalue weighted by Gasteiger charge is 2.08. The zero-order chi connectivity index (χ0) is 16.1. The maximum absolute atomic E-state index is 11.9. The van der Waals surface area contributed by atoms with E-state index in [0.29, 0.717) is 21.9 Å². The Morgan fingerprint density at radius 2 is 2.05 bits per heavy atom. The molecule has 0 heterocycles. The van der Waals surface area contributed by atoms with Crippen LogP contribution in [0.15, 0.2) is 41.5 Å². The normalized spacial score (nSPS) is 10.7. The summed E-state index contributed by atoms with van der Waals surface area (Å²) in [6, 6.07) is 9.44. The molecule has 0 fully saturated rings. The fourth-order valence-electron chi connectivity index (χ4n) is 1.67. The first-order valence-corrected chi connectivity index (χ1v) is 6.93. The van der Waals surface area contributed by atoms with Gasteiger partial charge in [-0.3, -0.25) is 4.79 Å². The standard InChI is InChI=1S/C15H12Cl2N2O3/c1-22-13-4-2-3-10(14(13)20)8-18-19-15(21)9-5-6-11(16)12(17)7-9/h2-8,20H,1H3,(H,19,21)/b18-8-. The molecule has 2 aromatic rings. The van der Waals surface area contributed by atoms with Crippen LogP contribution in [0.5, 0.6) is 11.5 Å². The lowest BCUT2D eigenvalue weighted by Crippen LogP contribution is -2.17. The van der Waals surface area contributed by atoms with E-state index in [4.69, 9.17) is 27.9 Å². The van der Waals surface area contributed by atoms with Crippen LogP contribution in [0.4, 0.5) is 0 Å². The summed E-state index contributed by atoms with van der Waals surface area (Å²) in [6.45, 7) is 0. The molecule has 0 unspecified atom stereocenters. The maximum Gasteiger partial charge on any atom is 0.271 e. The Kier molecular flexibility index (Phi) is 5.25. The van der Waals surface area contributed by atoms with Gasteiger partial charge >= 0.3 is 0 Å². The number of rotatable bonds is 4. The second-order valence-electron chi connectivity index (χ2n) is 4.23. The van der Waals surface area contributed by atoms with Crippen molar-refractivity contribution in [3.8, 4) is 11.5 Å². The molecule has 0 bridgehead atoms. The summed E-state index contributed by atoms with van der Waals surface area (Å²) in [5.74, 6) is -0.186. The minimum absolute atomic E-state index is 0.0578. The molecule has 0 aliphatic carbocycles. The van der Waals surface area contributed by atoms with Crippen LogP contribution in [0.1, 0.15) is 15.9 Å². The van der Waals surface area contributed by atoms with Crippen LogP contribution in [0.25, 0.3) is 0 Å². The monoisotopic (exact) mass is 338 g/mol. The minimum atomic E-state index is -0.447. The van der Waals surface area contributed by atoms with E-state index in [1.54, 1.807) is 18.2 Å². The molecule has 2 N–H and O–H groups in total. The number of carbonyl (C=O) groups excluding carboxylic acids is 1. The molecule has 0 saturated carbocycles. The molecule has 0 aromatic heterocycles. The number of nitrogens with zero attached hydrogens (tertiary/aromatic N) is 1. The number of benzene rings is 2. The highest BCUT2D eigenvalue weighted by Crippen LogP contribution is 2.28. The molecular weight excluding hydrogens is 327 g/mol. The van der Waals surface area contributed by atoms with Crippen LogP contribution >= 0.6 is 23.2 Å². The van der Waals surface area contributed by atoms with Gasteiger partial charge in [-0.1, -0.05) is 29.3 Å². The Balaban J connectivity index is 2.09. The Morgan fingerprint density at radius 1 is 1.27 bits per heavy atom. The number of aromatic hydroxyl groups is 1. The van der Waals surface area contributed by atoms with Gasteiger partial charge in [0.05, 0.1) is 23.4 Å². The molecule has 0 aliphatic rings. The second-order valence-corrected chi connectivity index (χ2v) is 5.04. The third-order valence-corrected chi connectivity index (χ3v) is 3.54. The van der Waals surface area contributed by atoms with Crippen molar-refractivity contribution in [2.24, 2.45) is 5.10 Å². The van der Waals surface area contributed by atoms with Gasteiger partial charge in [-0.05, 0) is 30.3 Å². The summed E-state index contributed by atoms with van der Waals surface area (Å²) >= 11 is 11.6. The smallest absolute Gasteiger partial charge is 0.271 e. The molecule has 0 saturated heterocycles. The molecule has 5 nitrogen and oxygen atoms in total. The number of methoxy groups -OCH3 is 1. The fraction of sp³-hybridized carbons (Fsp3) is 0.0667. The van der Waals surface area contributed by atoms with E-state index in [0.717, 1.165) is 0 Å². The molecule has 2 rings (SSSR count). The Hall–Kier alpha value is -2.24. The number of phenols is 1. The Morgan fingerprint density at radius 3 is 2.73 bits per heavy atom. The zero-order valence-corrected chi connectivity index (χ0v) is 13.0. The van der Waals surface area contributed by atoms with E-state index >= 15 is 0 Å². The van der Waals surface area contributed by atoms with Crippen molar-refractivity contribution in [1.29, 1.82) is 0 Å². The summed E-state index contributed by atoms with van der Waals surface area (Å²) < 4.78 is 4.98. The predicted molar refractivity (Wildman–Crippen MR) is 86.2 cm³/mol. The van der Waals surface area contributed by atoms with Crippen LogP contribution in [0.2, 0.25) is 10.0 Å². The second kappa shape index (κ2) is 7.15. The van der Waals surface area contributed by atoms with Crippen molar-refractivity contribution in [1.82, 2.24) is 5.43 Å². The zero-order valence-electron chi connectivity index (χ0n) is 11.5. The van der Waals surface area contributed by atoms with Crippen LogP contribution in [0, 0.1) is 0 Å². The van der Waals surface area contributed by atoms with Crippen LogP contribution in [-0.2, 0) is 0 Å². The molecule has 0 aliphatic heterocycles. The number of halogens is 2. The van der Waals surface area contributed by atoms with Gasteiger partial charge in [0.25, 0.3) is 5.91 Å². The van der Waals surface area contributed by atoms with E-state index in [1.165, 1.54) is 31.5 Å². The van der Waals surface area contributed by atoms with Crippen molar-refractivity contribution in [2.45, 2.75) is 0 Å². The van der Waals surface area contributed by atoms with Crippen LogP contribution in [0.3, 0.4) is 0 Å². The van der Waals surface area contributed by atoms with Gasteiger partial charge in [0.1, 0.15) is 0 Å². The van der Waals surface area contributed by atoms with Gasteiger partial charge in [0, 0.05) is 11.1 Å². The number of amides is 1. The first kappa shape index (κ1) is 16.1. The lowest BCUT2D eigenvalue weighted by Gasteiger charge is -2.05. The van der Waals surface area contributed by atoms with Gasteiger partial charge < -0.3 is 9.84 Å². The highest BCUT2D eigenvalue weighted by atomic mass is 35.5. The first-order valence-electron chi connectivity index (χ1n) is 6.17. The molecule has 0 atom stereocenters. The molecular formula is C15H12Cl2N2O3. The number of phenolic OH excluding ortho intramolecular Hbond substituents is 1. The van der Waals surface area contributed by atoms with E-state index < -0.39 is 5.91 Å². The molecule has 22 heavy (non-hydrogen) atoms. The molecule has 0 radical (unpaired) electrons. The maximum atomic E-state index is 11.9. The van der Waals surface area contributed by atoms with Crippen LogP contribution in [-0.4, -0.2) is 24.3 Å². The number of para-hydroxylation sites is 1. The Bertz CT molecular complexity index is 733. The predicted octanol–water partition coefficient (Wildman–Crippen LogP) is 3.47. The minimum Gasteiger partial charge on any atom is -0.504 e. The lowest BCUT2D eigenvalue weighted by atomic mass is 10.2. The first-order chi connectivity index (χ1) is 10.5. The average molecular weight is 339 g/mol. The van der Waals surface area contributed by atoms with Gasteiger partial charge in [-0.25, -0.2) is 5.43 Å². The number of hydrazone groups is 1. The van der Waals surface area contributed by atoms with Gasteiger partial charge in [0.2, 0.25) is 0 Å². The average Bonchev–Trinajstić information content (AvgIpc) is 2.51.